The van der Waals surface area contributed by atoms with Crippen molar-refractivity contribution in [2.45, 2.75) is 39.3 Å². The first-order valence-electron chi connectivity index (χ1n) is 6.36. The van der Waals surface area contributed by atoms with E-state index in [2.05, 4.69) is 34.7 Å². The number of halogens is 3. The summed E-state index contributed by atoms with van der Waals surface area (Å²) in [5.74, 6) is 0. The predicted molar refractivity (Wildman–Crippen MR) is 85.0 cm³/mol. The van der Waals surface area contributed by atoms with Crippen LogP contribution in [0.1, 0.15) is 32.3 Å². The SMILES string of the molecule is CCC(CC)N(CCBr)Cc1ccc(Cl)cc1Cl. The van der Waals surface area contributed by atoms with Crippen molar-refractivity contribution in [1.82, 2.24) is 4.90 Å². The Labute approximate surface area is 129 Å². The summed E-state index contributed by atoms with van der Waals surface area (Å²) in [6, 6.07) is 6.35. The third-order valence-electron chi connectivity index (χ3n) is 3.22. The molecule has 18 heavy (non-hydrogen) atoms. The summed E-state index contributed by atoms with van der Waals surface area (Å²) in [4.78, 5) is 2.48. The second-order valence-corrected chi connectivity index (χ2v) is 6.00. The lowest BCUT2D eigenvalue weighted by molar-refractivity contribution is 0.189. The Morgan fingerprint density at radius 2 is 1.89 bits per heavy atom. The van der Waals surface area contributed by atoms with Gasteiger partial charge in [-0.2, -0.15) is 0 Å². The van der Waals surface area contributed by atoms with Gasteiger partial charge in [-0.1, -0.05) is 59.0 Å². The van der Waals surface area contributed by atoms with Crippen LogP contribution in [-0.2, 0) is 6.54 Å². The molecule has 0 fully saturated rings. The summed E-state index contributed by atoms with van der Waals surface area (Å²) in [6.45, 7) is 6.39. The Balaban J connectivity index is 2.82. The standard InChI is InChI=1S/C14H20BrCl2N/c1-3-13(4-2)18(8-7-15)10-11-5-6-12(16)9-14(11)17/h5-6,9,13H,3-4,7-8,10H2,1-2H3. The molecule has 0 bridgehead atoms. The summed E-state index contributed by atoms with van der Waals surface area (Å²) >= 11 is 15.7. The van der Waals surface area contributed by atoms with E-state index in [1.54, 1.807) is 0 Å². The fourth-order valence-corrected chi connectivity index (χ4v) is 3.10. The zero-order valence-corrected chi connectivity index (χ0v) is 14.0. The van der Waals surface area contributed by atoms with Gasteiger partial charge in [-0.3, -0.25) is 4.90 Å². The van der Waals surface area contributed by atoms with Gasteiger partial charge in [0.25, 0.3) is 0 Å². The van der Waals surface area contributed by atoms with Crippen LogP contribution in [0.3, 0.4) is 0 Å². The maximum atomic E-state index is 6.24. The van der Waals surface area contributed by atoms with Crippen LogP contribution in [0, 0.1) is 0 Å². The minimum atomic E-state index is 0.606. The van der Waals surface area contributed by atoms with E-state index in [4.69, 9.17) is 23.2 Å². The summed E-state index contributed by atoms with van der Waals surface area (Å²) in [5.41, 5.74) is 1.15. The summed E-state index contributed by atoms with van der Waals surface area (Å²) in [5, 5.41) is 2.43. The zero-order chi connectivity index (χ0) is 13.5. The minimum Gasteiger partial charge on any atom is -0.295 e. The largest absolute Gasteiger partial charge is 0.295 e. The molecule has 0 amide bonds. The summed E-state index contributed by atoms with van der Waals surface area (Å²) < 4.78 is 0. The molecule has 1 rings (SSSR count). The van der Waals surface area contributed by atoms with Gasteiger partial charge in [-0.05, 0) is 30.5 Å². The van der Waals surface area contributed by atoms with Gasteiger partial charge in [-0.25, -0.2) is 0 Å². The highest BCUT2D eigenvalue weighted by Gasteiger charge is 2.16. The Bertz CT molecular complexity index is 367. The summed E-state index contributed by atoms with van der Waals surface area (Å²) in [7, 11) is 0. The lowest BCUT2D eigenvalue weighted by Crippen LogP contribution is -2.35. The average Bonchev–Trinajstić information content (AvgIpc) is 2.34. The molecule has 0 N–H and O–H groups in total. The molecule has 1 aromatic carbocycles. The van der Waals surface area contributed by atoms with Crippen LogP contribution in [0.15, 0.2) is 18.2 Å². The second kappa shape index (κ2) is 8.42. The third kappa shape index (κ3) is 4.73. The first kappa shape index (κ1) is 16.3. The fraction of sp³-hybridized carbons (Fsp3) is 0.571. The van der Waals surface area contributed by atoms with Crippen LogP contribution in [0.4, 0.5) is 0 Å². The number of hydrogen-bond acceptors (Lipinski definition) is 1. The first-order valence-corrected chi connectivity index (χ1v) is 8.24. The van der Waals surface area contributed by atoms with Crippen LogP contribution < -0.4 is 0 Å². The quantitative estimate of drug-likeness (QED) is 0.595. The molecule has 0 unspecified atom stereocenters. The maximum absolute atomic E-state index is 6.24. The van der Waals surface area contributed by atoms with Crippen LogP contribution in [0.2, 0.25) is 10.0 Å². The van der Waals surface area contributed by atoms with E-state index < -0.39 is 0 Å². The number of rotatable bonds is 7. The number of alkyl halides is 1. The lowest BCUT2D eigenvalue weighted by Gasteiger charge is -2.30. The van der Waals surface area contributed by atoms with E-state index in [0.717, 1.165) is 41.8 Å². The van der Waals surface area contributed by atoms with Gasteiger partial charge in [0.15, 0.2) is 0 Å². The van der Waals surface area contributed by atoms with Gasteiger partial charge in [-0.15, -0.1) is 0 Å². The van der Waals surface area contributed by atoms with Gasteiger partial charge >= 0.3 is 0 Å². The van der Waals surface area contributed by atoms with E-state index in [1.807, 2.05) is 18.2 Å². The fourth-order valence-electron chi connectivity index (χ4n) is 2.17. The highest BCUT2D eigenvalue weighted by Crippen LogP contribution is 2.23. The van der Waals surface area contributed by atoms with Crippen molar-refractivity contribution in [3.05, 3.63) is 33.8 Å². The van der Waals surface area contributed by atoms with E-state index in [9.17, 15) is 0 Å². The summed E-state index contributed by atoms with van der Waals surface area (Å²) in [6.07, 6.45) is 2.32. The van der Waals surface area contributed by atoms with Gasteiger partial charge in [0.05, 0.1) is 0 Å². The molecule has 102 valence electrons. The molecular weight excluding hydrogens is 333 g/mol. The van der Waals surface area contributed by atoms with Crippen molar-refractivity contribution in [2.75, 3.05) is 11.9 Å². The predicted octanol–water partition coefficient (Wildman–Crippen LogP) is 5.38. The molecule has 0 spiro atoms. The highest BCUT2D eigenvalue weighted by atomic mass is 79.9. The van der Waals surface area contributed by atoms with Crippen molar-refractivity contribution in [3.63, 3.8) is 0 Å². The Morgan fingerprint density at radius 3 is 2.39 bits per heavy atom. The topological polar surface area (TPSA) is 3.24 Å². The normalized spacial score (nSPS) is 11.5. The maximum Gasteiger partial charge on any atom is 0.0465 e. The van der Waals surface area contributed by atoms with Crippen molar-refractivity contribution in [1.29, 1.82) is 0 Å². The molecule has 0 aromatic heterocycles. The molecule has 0 aliphatic rings. The number of hydrogen-bond donors (Lipinski definition) is 0. The van der Waals surface area contributed by atoms with Gasteiger partial charge in [0.1, 0.15) is 0 Å². The van der Waals surface area contributed by atoms with E-state index in [-0.39, 0.29) is 0 Å². The zero-order valence-electron chi connectivity index (χ0n) is 10.9. The monoisotopic (exact) mass is 351 g/mol. The van der Waals surface area contributed by atoms with Gasteiger partial charge in [0, 0.05) is 34.5 Å². The molecule has 4 heteroatoms. The molecule has 0 saturated heterocycles. The average molecular weight is 353 g/mol. The van der Waals surface area contributed by atoms with Gasteiger partial charge in [0.2, 0.25) is 0 Å². The number of benzene rings is 1. The molecule has 0 radical (unpaired) electrons. The van der Waals surface area contributed by atoms with E-state index >= 15 is 0 Å². The Kier molecular flexibility index (Phi) is 7.62. The van der Waals surface area contributed by atoms with Crippen molar-refractivity contribution >= 4 is 39.1 Å². The first-order chi connectivity index (χ1) is 8.62. The van der Waals surface area contributed by atoms with Crippen LogP contribution in [0.5, 0.6) is 0 Å². The van der Waals surface area contributed by atoms with Crippen LogP contribution >= 0.6 is 39.1 Å². The third-order valence-corrected chi connectivity index (χ3v) is 4.16. The highest BCUT2D eigenvalue weighted by molar-refractivity contribution is 9.09. The number of nitrogens with zero attached hydrogens (tertiary/aromatic N) is 1. The van der Waals surface area contributed by atoms with E-state index in [1.165, 1.54) is 0 Å². The molecule has 1 aromatic rings. The molecule has 0 aliphatic heterocycles. The van der Waals surface area contributed by atoms with Gasteiger partial charge < -0.3 is 0 Å². The van der Waals surface area contributed by atoms with Crippen molar-refractivity contribution < 1.29 is 0 Å². The molecule has 0 aliphatic carbocycles. The van der Waals surface area contributed by atoms with Crippen molar-refractivity contribution in [2.24, 2.45) is 0 Å². The smallest absolute Gasteiger partial charge is 0.0465 e. The van der Waals surface area contributed by atoms with Crippen LogP contribution in [0.25, 0.3) is 0 Å². The molecule has 0 heterocycles. The molecule has 0 atom stereocenters. The second-order valence-electron chi connectivity index (χ2n) is 4.37. The molecular formula is C14H20BrCl2N. The van der Waals surface area contributed by atoms with E-state index in [0.29, 0.717) is 11.1 Å². The Morgan fingerprint density at radius 1 is 1.22 bits per heavy atom. The lowest BCUT2D eigenvalue weighted by atomic mass is 10.1. The Hall–Kier alpha value is 0.240. The minimum absolute atomic E-state index is 0.606. The van der Waals surface area contributed by atoms with Crippen molar-refractivity contribution in [3.8, 4) is 0 Å². The van der Waals surface area contributed by atoms with Crippen LogP contribution in [-0.4, -0.2) is 22.8 Å². The molecule has 0 saturated carbocycles. The molecule has 1 nitrogen and oxygen atoms in total.